The lowest BCUT2D eigenvalue weighted by Crippen LogP contribution is -2.41. The van der Waals surface area contributed by atoms with Crippen LogP contribution < -0.4 is 10.2 Å². The number of rotatable bonds is 5. The fourth-order valence-corrected chi connectivity index (χ4v) is 2.92. The number of carbonyl (C=O) groups excluding carboxylic acids is 1. The molecule has 0 unspecified atom stereocenters. The Balaban J connectivity index is 1.86. The third-order valence-electron chi connectivity index (χ3n) is 4.08. The van der Waals surface area contributed by atoms with E-state index >= 15 is 0 Å². The van der Waals surface area contributed by atoms with E-state index in [1.54, 1.807) is 0 Å². The molecule has 0 saturated heterocycles. The molecule has 3 nitrogen and oxygen atoms in total. The van der Waals surface area contributed by atoms with Crippen molar-refractivity contribution in [3.63, 3.8) is 0 Å². The van der Waals surface area contributed by atoms with Gasteiger partial charge in [-0.2, -0.15) is 0 Å². The van der Waals surface area contributed by atoms with Crippen LogP contribution in [0.5, 0.6) is 0 Å². The molecule has 0 heterocycles. The van der Waals surface area contributed by atoms with Crippen LogP contribution in [0, 0.1) is 0 Å². The first-order valence-electron chi connectivity index (χ1n) is 7.90. The third kappa shape index (κ3) is 4.34. The van der Waals surface area contributed by atoms with E-state index in [2.05, 4.69) is 5.32 Å². The average molecular weight is 274 g/mol. The van der Waals surface area contributed by atoms with Crippen LogP contribution in [0.3, 0.4) is 0 Å². The highest BCUT2D eigenvalue weighted by Gasteiger charge is 2.16. The fourth-order valence-electron chi connectivity index (χ4n) is 2.92. The lowest BCUT2D eigenvalue weighted by Gasteiger charge is -2.23. The van der Waals surface area contributed by atoms with Gasteiger partial charge in [0.15, 0.2) is 0 Å². The van der Waals surface area contributed by atoms with E-state index in [4.69, 9.17) is 0 Å². The second kappa shape index (κ2) is 8.05. The van der Waals surface area contributed by atoms with Crippen molar-refractivity contribution in [2.45, 2.75) is 51.5 Å². The second-order valence-corrected chi connectivity index (χ2v) is 5.54. The molecule has 2 rings (SSSR count). The average Bonchev–Trinajstić information content (AvgIpc) is 2.76. The second-order valence-electron chi connectivity index (χ2n) is 5.54. The number of carbonyl (C=O) groups is 1. The molecular weight excluding hydrogens is 248 g/mol. The van der Waals surface area contributed by atoms with E-state index in [0.29, 0.717) is 12.6 Å². The molecular formula is C17H26N2O. The van der Waals surface area contributed by atoms with Crippen molar-refractivity contribution in [1.82, 2.24) is 5.32 Å². The van der Waals surface area contributed by atoms with Crippen molar-refractivity contribution in [3.05, 3.63) is 30.3 Å². The summed E-state index contributed by atoms with van der Waals surface area (Å²) >= 11 is 0. The Bertz CT molecular complexity index is 397. The third-order valence-corrected chi connectivity index (χ3v) is 4.08. The molecule has 0 atom stereocenters. The summed E-state index contributed by atoms with van der Waals surface area (Å²) in [6, 6.07) is 10.4. The highest BCUT2D eigenvalue weighted by molar-refractivity contribution is 5.94. The first-order chi connectivity index (χ1) is 9.81. The maximum Gasteiger partial charge on any atom is 0.240 e. The molecule has 1 aromatic rings. The highest BCUT2D eigenvalue weighted by atomic mass is 16.2. The Kier molecular flexibility index (Phi) is 6.06. The van der Waals surface area contributed by atoms with Crippen LogP contribution in [-0.4, -0.2) is 25.0 Å². The first kappa shape index (κ1) is 15.0. The number of nitrogens with zero attached hydrogens (tertiary/aromatic N) is 1. The summed E-state index contributed by atoms with van der Waals surface area (Å²) in [6.07, 6.45) is 7.70. The largest absolute Gasteiger partial charge is 0.312 e. The van der Waals surface area contributed by atoms with E-state index in [0.717, 1.165) is 12.2 Å². The minimum atomic E-state index is 0.169. The Morgan fingerprint density at radius 1 is 1.15 bits per heavy atom. The van der Waals surface area contributed by atoms with Crippen LogP contribution in [-0.2, 0) is 4.79 Å². The lowest BCUT2D eigenvalue weighted by molar-refractivity contribution is -0.117. The SMILES string of the molecule is CCN(C(=O)CNC1CCCCCC1)c1ccccc1. The number of anilines is 1. The minimum absolute atomic E-state index is 0.169. The van der Waals surface area contributed by atoms with Crippen molar-refractivity contribution in [2.75, 3.05) is 18.0 Å². The monoisotopic (exact) mass is 274 g/mol. The molecule has 1 N–H and O–H groups in total. The molecule has 1 aliphatic carbocycles. The molecule has 0 aromatic heterocycles. The molecule has 1 saturated carbocycles. The molecule has 3 heteroatoms. The van der Waals surface area contributed by atoms with Crippen LogP contribution in [0.1, 0.15) is 45.4 Å². The number of hydrogen-bond donors (Lipinski definition) is 1. The lowest BCUT2D eigenvalue weighted by atomic mass is 10.1. The molecule has 1 aromatic carbocycles. The smallest absolute Gasteiger partial charge is 0.240 e. The van der Waals surface area contributed by atoms with Gasteiger partial charge in [0.25, 0.3) is 0 Å². The van der Waals surface area contributed by atoms with Gasteiger partial charge in [-0.1, -0.05) is 43.9 Å². The van der Waals surface area contributed by atoms with Crippen LogP contribution in [0.2, 0.25) is 0 Å². The van der Waals surface area contributed by atoms with Gasteiger partial charge in [-0.25, -0.2) is 0 Å². The summed E-state index contributed by atoms with van der Waals surface area (Å²) < 4.78 is 0. The molecule has 1 fully saturated rings. The van der Waals surface area contributed by atoms with Crippen molar-refractivity contribution >= 4 is 11.6 Å². The van der Waals surface area contributed by atoms with E-state index in [1.165, 1.54) is 38.5 Å². The van der Waals surface area contributed by atoms with Gasteiger partial charge in [0, 0.05) is 18.3 Å². The Morgan fingerprint density at radius 2 is 1.80 bits per heavy atom. The number of benzene rings is 1. The predicted molar refractivity (Wildman–Crippen MR) is 84.0 cm³/mol. The standard InChI is InChI=1S/C17H26N2O/c1-2-19(16-12-8-5-9-13-16)17(20)14-18-15-10-6-3-4-7-11-15/h5,8-9,12-13,15,18H,2-4,6-7,10-11,14H2,1H3. The van der Waals surface area contributed by atoms with Gasteiger partial charge in [-0.05, 0) is 31.9 Å². The van der Waals surface area contributed by atoms with Gasteiger partial charge in [0.2, 0.25) is 5.91 Å². The molecule has 20 heavy (non-hydrogen) atoms. The molecule has 0 spiro atoms. The molecule has 0 bridgehead atoms. The van der Waals surface area contributed by atoms with E-state index in [9.17, 15) is 4.79 Å². The zero-order valence-corrected chi connectivity index (χ0v) is 12.5. The minimum Gasteiger partial charge on any atom is -0.312 e. The van der Waals surface area contributed by atoms with Crippen molar-refractivity contribution in [1.29, 1.82) is 0 Å². The topological polar surface area (TPSA) is 32.3 Å². The predicted octanol–water partition coefficient (Wildman–Crippen LogP) is 3.35. The summed E-state index contributed by atoms with van der Waals surface area (Å²) in [6.45, 7) is 3.19. The van der Waals surface area contributed by atoms with E-state index < -0.39 is 0 Å². The number of hydrogen-bond acceptors (Lipinski definition) is 2. The molecule has 1 amide bonds. The van der Waals surface area contributed by atoms with Crippen molar-refractivity contribution < 1.29 is 4.79 Å². The first-order valence-corrected chi connectivity index (χ1v) is 7.90. The van der Waals surface area contributed by atoms with Gasteiger partial charge in [-0.3, -0.25) is 4.79 Å². The summed E-state index contributed by atoms with van der Waals surface area (Å²) in [5.41, 5.74) is 0.989. The van der Waals surface area contributed by atoms with Crippen LogP contribution in [0.4, 0.5) is 5.69 Å². The maximum atomic E-state index is 12.4. The van der Waals surface area contributed by atoms with Crippen LogP contribution in [0.25, 0.3) is 0 Å². The van der Waals surface area contributed by atoms with Gasteiger partial charge < -0.3 is 10.2 Å². The van der Waals surface area contributed by atoms with Gasteiger partial charge in [0.05, 0.1) is 6.54 Å². The summed E-state index contributed by atoms with van der Waals surface area (Å²) in [5.74, 6) is 0.169. The normalized spacial score (nSPS) is 16.6. The number of likely N-dealkylation sites (N-methyl/N-ethyl adjacent to an activating group) is 1. The molecule has 0 radical (unpaired) electrons. The zero-order chi connectivity index (χ0) is 14.2. The summed E-state index contributed by atoms with van der Waals surface area (Å²) in [5, 5.41) is 3.45. The fraction of sp³-hybridized carbons (Fsp3) is 0.588. The molecule has 110 valence electrons. The highest BCUT2D eigenvalue weighted by Crippen LogP contribution is 2.17. The van der Waals surface area contributed by atoms with Gasteiger partial charge in [-0.15, -0.1) is 0 Å². The zero-order valence-electron chi connectivity index (χ0n) is 12.5. The van der Waals surface area contributed by atoms with E-state index in [1.807, 2.05) is 42.2 Å². The Labute approximate surface area is 122 Å². The van der Waals surface area contributed by atoms with Crippen LogP contribution >= 0.6 is 0 Å². The molecule has 0 aliphatic heterocycles. The number of amides is 1. The van der Waals surface area contributed by atoms with Gasteiger partial charge >= 0.3 is 0 Å². The number of para-hydroxylation sites is 1. The summed E-state index contributed by atoms with van der Waals surface area (Å²) in [4.78, 5) is 14.2. The maximum absolute atomic E-state index is 12.4. The Morgan fingerprint density at radius 3 is 2.40 bits per heavy atom. The number of nitrogens with one attached hydrogen (secondary N) is 1. The van der Waals surface area contributed by atoms with Crippen molar-refractivity contribution in [3.8, 4) is 0 Å². The quantitative estimate of drug-likeness (QED) is 0.835. The Hall–Kier alpha value is -1.35. The van der Waals surface area contributed by atoms with Crippen molar-refractivity contribution in [2.24, 2.45) is 0 Å². The summed E-state index contributed by atoms with van der Waals surface area (Å²) in [7, 11) is 0. The van der Waals surface area contributed by atoms with Gasteiger partial charge in [0.1, 0.15) is 0 Å². The molecule has 1 aliphatic rings. The van der Waals surface area contributed by atoms with E-state index in [-0.39, 0.29) is 5.91 Å². The van der Waals surface area contributed by atoms with Crippen LogP contribution in [0.15, 0.2) is 30.3 Å².